The second kappa shape index (κ2) is 7.84. The van der Waals surface area contributed by atoms with Crippen molar-refractivity contribution >= 4 is 23.5 Å². The molecule has 0 fully saturated rings. The van der Waals surface area contributed by atoms with Crippen molar-refractivity contribution in [3.8, 4) is 6.07 Å². The van der Waals surface area contributed by atoms with Crippen molar-refractivity contribution in [1.82, 2.24) is 14.6 Å². The van der Waals surface area contributed by atoms with Crippen LogP contribution in [0.25, 0.3) is 17.7 Å². The second-order valence-electron chi connectivity index (χ2n) is 7.06. The highest BCUT2D eigenvalue weighted by Gasteiger charge is 2.20. The van der Waals surface area contributed by atoms with Gasteiger partial charge in [0, 0.05) is 17.3 Å². The normalized spacial score (nSPS) is 11.2. The summed E-state index contributed by atoms with van der Waals surface area (Å²) in [7, 11) is 0. The quantitative estimate of drug-likeness (QED) is 0.512. The Balaban J connectivity index is 1.86. The van der Waals surface area contributed by atoms with E-state index >= 15 is 0 Å². The summed E-state index contributed by atoms with van der Waals surface area (Å²) in [5.41, 5.74) is 3.64. The van der Waals surface area contributed by atoms with E-state index in [-0.39, 0.29) is 11.3 Å². The molecule has 0 atom stereocenters. The second-order valence-corrected chi connectivity index (χ2v) is 7.06. The molecule has 0 bridgehead atoms. The summed E-state index contributed by atoms with van der Waals surface area (Å²) in [6.45, 7) is 3.51. The maximum Gasteiger partial charge on any atom is 0.282 e. The number of H-pyrrole nitrogens is 1. The van der Waals surface area contributed by atoms with E-state index < -0.39 is 11.4 Å². The van der Waals surface area contributed by atoms with Crippen LogP contribution in [0.5, 0.6) is 0 Å². The number of pyridine rings is 1. The third-order valence-electron chi connectivity index (χ3n) is 5.24. The largest absolute Gasteiger partial charge is 0.313 e. The van der Waals surface area contributed by atoms with Crippen LogP contribution in [0.4, 0.5) is 4.39 Å². The zero-order valence-electron chi connectivity index (χ0n) is 16.8. The first-order chi connectivity index (χ1) is 14.9. The van der Waals surface area contributed by atoms with Crippen LogP contribution in [-0.2, 0) is 0 Å². The Hall–Kier alpha value is -4.31. The molecule has 0 aliphatic carbocycles. The molecule has 1 aromatic carbocycles. The molecule has 6 nitrogen and oxygen atoms in total. The zero-order chi connectivity index (χ0) is 22.1. The van der Waals surface area contributed by atoms with E-state index in [0.29, 0.717) is 22.5 Å². The maximum atomic E-state index is 13.3. The number of carbonyl (C=O) groups excluding carboxylic acids is 1. The molecule has 0 aliphatic heterocycles. The van der Waals surface area contributed by atoms with Crippen molar-refractivity contribution < 1.29 is 9.18 Å². The number of aromatic amines is 1. The minimum absolute atomic E-state index is 0.0142. The molecule has 3 heterocycles. The van der Waals surface area contributed by atoms with Gasteiger partial charge in [-0.05, 0) is 67.4 Å². The first-order valence-electron chi connectivity index (χ1n) is 9.49. The van der Waals surface area contributed by atoms with Gasteiger partial charge in [0.05, 0.1) is 16.9 Å². The van der Waals surface area contributed by atoms with E-state index in [9.17, 15) is 19.2 Å². The summed E-state index contributed by atoms with van der Waals surface area (Å²) in [5, 5.41) is 15.6. The van der Waals surface area contributed by atoms with Crippen LogP contribution in [0.15, 0.2) is 53.5 Å². The molecule has 0 spiro atoms. The lowest BCUT2D eigenvalue weighted by Gasteiger charge is -2.04. The molecule has 31 heavy (non-hydrogen) atoms. The molecule has 0 saturated carbocycles. The summed E-state index contributed by atoms with van der Waals surface area (Å²) >= 11 is 0. The average molecular weight is 412 g/mol. The molecule has 7 heteroatoms. The van der Waals surface area contributed by atoms with E-state index in [4.69, 9.17) is 0 Å². The van der Waals surface area contributed by atoms with Gasteiger partial charge in [0.1, 0.15) is 17.4 Å². The summed E-state index contributed by atoms with van der Waals surface area (Å²) < 4.78 is 15.1. The topological polar surface area (TPSA) is 91.0 Å². The highest BCUT2D eigenvalue weighted by molar-refractivity contribution is 6.10. The monoisotopic (exact) mass is 412 g/mol. The number of nitriles is 1. The van der Waals surface area contributed by atoms with Crippen LogP contribution in [0.3, 0.4) is 0 Å². The molecule has 0 unspecified atom stereocenters. The van der Waals surface area contributed by atoms with Crippen LogP contribution in [0.1, 0.15) is 44.0 Å². The van der Waals surface area contributed by atoms with Gasteiger partial charge >= 0.3 is 0 Å². The maximum absolute atomic E-state index is 13.3. The molecule has 1 N–H and O–H groups in total. The molecular formula is C24H17FN4O2. The van der Waals surface area contributed by atoms with Gasteiger partial charge in [-0.25, -0.2) is 9.49 Å². The van der Waals surface area contributed by atoms with E-state index in [1.165, 1.54) is 24.3 Å². The molecule has 0 aliphatic rings. The van der Waals surface area contributed by atoms with Crippen LogP contribution >= 0.6 is 0 Å². The van der Waals surface area contributed by atoms with E-state index in [1.807, 2.05) is 31.2 Å². The molecule has 0 saturated heterocycles. The number of fused-ring (bicyclic) bond motifs is 1. The SMILES string of the molecule is Cc1c(/C=C/c2c(C)c(C(=O)c3ccc(F)cc3)n3ccccc23)n[nH]c(=O)c1C#N. The molecule has 3 aromatic heterocycles. The van der Waals surface area contributed by atoms with Gasteiger partial charge in [-0.2, -0.15) is 10.4 Å². The first kappa shape index (κ1) is 20.0. The number of rotatable bonds is 4. The standard InChI is InChI=1S/C24H17FN4O2/c1-14-19(13-26)24(31)28-27-20(14)11-10-18-15(2)22(29-12-4-3-5-21(18)29)23(30)16-6-8-17(25)9-7-16/h3-12H,1-2H3,(H,28,31)/b11-10+. The fraction of sp³-hybridized carbons (Fsp3) is 0.0833. The third-order valence-corrected chi connectivity index (χ3v) is 5.24. The van der Waals surface area contributed by atoms with Crippen molar-refractivity contribution in [3.05, 3.63) is 104 Å². The lowest BCUT2D eigenvalue weighted by atomic mass is 10.0. The Kier molecular flexibility index (Phi) is 5.05. The molecule has 0 amide bonds. The van der Waals surface area contributed by atoms with Gasteiger partial charge in [-0.3, -0.25) is 9.59 Å². The van der Waals surface area contributed by atoms with E-state index in [1.54, 1.807) is 29.7 Å². The van der Waals surface area contributed by atoms with Gasteiger partial charge in [0.25, 0.3) is 5.56 Å². The van der Waals surface area contributed by atoms with Crippen LogP contribution in [-0.4, -0.2) is 20.4 Å². The lowest BCUT2D eigenvalue weighted by molar-refractivity contribution is 0.103. The lowest BCUT2D eigenvalue weighted by Crippen LogP contribution is -2.15. The Labute approximate surface area is 176 Å². The Bertz CT molecular complexity index is 1450. The number of halogens is 1. The number of ketones is 1. The van der Waals surface area contributed by atoms with Crippen LogP contribution in [0.2, 0.25) is 0 Å². The number of benzene rings is 1. The smallest absolute Gasteiger partial charge is 0.282 e. The zero-order valence-corrected chi connectivity index (χ0v) is 16.8. The molecule has 4 aromatic rings. The van der Waals surface area contributed by atoms with E-state index in [0.717, 1.165) is 16.6 Å². The number of aromatic nitrogens is 3. The minimum atomic E-state index is -0.533. The van der Waals surface area contributed by atoms with Crippen molar-refractivity contribution in [1.29, 1.82) is 5.26 Å². The third kappa shape index (κ3) is 3.45. The minimum Gasteiger partial charge on any atom is -0.313 e. The fourth-order valence-electron chi connectivity index (χ4n) is 3.59. The summed E-state index contributed by atoms with van der Waals surface area (Å²) in [4.78, 5) is 24.9. The highest BCUT2D eigenvalue weighted by atomic mass is 19.1. The van der Waals surface area contributed by atoms with Gasteiger partial charge < -0.3 is 4.40 Å². The summed E-state index contributed by atoms with van der Waals surface area (Å²) in [5.74, 6) is -0.624. The molecular weight excluding hydrogens is 395 g/mol. The van der Waals surface area contributed by atoms with Crippen molar-refractivity contribution in [2.75, 3.05) is 0 Å². The Morgan fingerprint density at radius 1 is 1.13 bits per heavy atom. The fourth-order valence-corrected chi connectivity index (χ4v) is 3.59. The predicted molar refractivity (Wildman–Crippen MR) is 115 cm³/mol. The highest BCUT2D eigenvalue weighted by Crippen LogP contribution is 2.27. The number of carbonyl (C=O) groups is 1. The number of nitrogens with one attached hydrogen (secondary N) is 1. The van der Waals surface area contributed by atoms with Gasteiger partial charge in [-0.1, -0.05) is 12.1 Å². The Morgan fingerprint density at radius 2 is 1.87 bits per heavy atom. The van der Waals surface area contributed by atoms with Gasteiger partial charge in [0.15, 0.2) is 0 Å². The predicted octanol–water partition coefficient (Wildman–Crippen LogP) is 4.05. The molecule has 0 radical (unpaired) electrons. The summed E-state index contributed by atoms with van der Waals surface area (Å²) in [6.07, 6.45) is 5.31. The van der Waals surface area contributed by atoms with Crippen LogP contribution in [0, 0.1) is 31.0 Å². The van der Waals surface area contributed by atoms with E-state index in [2.05, 4.69) is 10.2 Å². The van der Waals surface area contributed by atoms with Crippen molar-refractivity contribution in [2.45, 2.75) is 13.8 Å². The average Bonchev–Trinajstić information content (AvgIpc) is 3.05. The number of nitrogens with zero attached hydrogens (tertiary/aromatic N) is 3. The first-order valence-corrected chi connectivity index (χ1v) is 9.49. The van der Waals surface area contributed by atoms with Gasteiger partial charge in [-0.15, -0.1) is 0 Å². The van der Waals surface area contributed by atoms with Crippen LogP contribution < -0.4 is 5.56 Å². The van der Waals surface area contributed by atoms with Gasteiger partial charge in [0.2, 0.25) is 5.78 Å². The Morgan fingerprint density at radius 3 is 2.58 bits per heavy atom. The number of hydrogen-bond donors (Lipinski definition) is 1. The molecule has 4 rings (SSSR count). The van der Waals surface area contributed by atoms with Crippen molar-refractivity contribution in [3.63, 3.8) is 0 Å². The summed E-state index contributed by atoms with van der Waals surface area (Å²) in [6, 6.07) is 12.9. The number of hydrogen-bond acceptors (Lipinski definition) is 4. The molecule has 152 valence electrons. The van der Waals surface area contributed by atoms with Crippen molar-refractivity contribution in [2.24, 2.45) is 0 Å².